The summed E-state index contributed by atoms with van der Waals surface area (Å²) in [5, 5.41) is 5.43. The molecular formula is C22H26N2O5. The fourth-order valence-electron chi connectivity index (χ4n) is 2.65. The van der Waals surface area contributed by atoms with Gasteiger partial charge in [-0.15, -0.1) is 0 Å². The summed E-state index contributed by atoms with van der Waals surface area (Å²) in [6.45, 7) is 5.83. The predicted octanol–water partition coefficient (Wildman–Crippen LogP) is 3.60. The van der Waals surface area contributed by atoms with Crippen molar-refractivity contribution in [2.75, 3.05) is 23.8 Å². The number of amides is 2. The number of aryl methyl sites for hydroxylation is 2. The summed E-state index contributed by atoms with van der Waals surface area (Å²) < 4.78 is 10.3. The molecule has 0 aromatic heterocycles. The van der Waals surface area contributed by atoms with Crippen molar-refractivity contribution in [2.24, 2.45) is 0 Å². The minimum absolute atomic E-state index is 0.0371. The molecule has 2 aromatic rings. The minimum Gasteiger partial charge on any atom is -0.494 e. The quantitative estimate of drug-likeness (QED) is 0.630. The summed E-state index contributed by atoms with van der Waals surface area (Å²) in [6.07, 6.45) is -0.149. The van der Waals surface area contributed by atoms with Gasteiger partial charge in [0.1, 0.15) is 5.75 Å². The zero-order chi connectivity index (χ0) is 21.2. The van der Waals surface area contributed by atoms with Gasteiger partial charge in [-0.05, 0) is 56.2 Å². The van der Waals surface area contributed by atoms with Gasteiger partial charge in [-0.25, -0.2) is 0 Å². The molecule has 0 atom stereocenters. The van der Waals surface area contributed by atoms with Gasteiger partial charge >= 0.3 is 5.97 Å². The molecule has 0 aliphatic rings. The first-order valence-corrected chi connectivity index (χ1v) is 9.43. The number of benzene rings is 2. The third kappa shape index (κ3) is 7.29. The van der Waals surface area contributed by atoms with Gasteiger partial charge in [-0.3, -0.25) is 14.4 Å². The molecule has 0 aliphatic heterocycles. The van der Waals surface area contributed by atoms with Gasteiger partial charge in [0.05, 0.1) is 13.0 Å². The van der Waals surface area contributed by atoms with Crippen molar-refractivity contribution in [3.05, 3.63) is 53.6 Å². The first-order valence-electron chi connectivity index (χ1n) is 9.43. The van der Waals surface area contributed by atoms with Crippen molar-refractivity contribution >= 4 is 29.2 Å². The largest absolute Gasteiger partial charge is 0.494 e. The maximum absolute atomic E-state index is 12.0. The number of nitrogens with one attached hydrogen (secondary N) is 2. The average molecular weight is 398 g/mol. The summed E-state index contributed by atoms with van der Waals surface area (Å²) in [6, 6.07) is 12.6. The Hall–Kier alpha value is -3.35. The lowest BCUT2D eigenvalue weighted by Gasteiger charge is -2.11. The van der Waals surface area contributed by atoms with Crippen molar-refractivity contribution < 1.29 is 23.9 Å². The molecule has 0 bridgehead atoms. The number of hydrogen-bond donors (Lipinski definition) is 2. The molecule has 0 heterocycles. The van der Waals surface area contributed by atoms with Gasteiger partial charge in [0.2, 0.25) is 5.91 Å². The van der Waals surface area contributed by atoms with E-state index in [1.54, 1.807) is 24.3 Å². The monoisotopic (exact) mass is 398 g/mol. The lowest BCUT2D eigenvalue weighted by Crippen LogP contribution is -2.22. The van der Waals surface area contributed by atoms with E-state index in [-0.39, 0.29) is 18.7 Å². The van der Waals surface area contributed by atoms with E-state index in [2.05, 4.69) is 10.6 Å². The Morgan fingerprint density at radius 2 is 1.52 bits per heavy atom. The van der Waals surface area contributed by atoms with Crippen LogP contribution in [0.3, 0.4) is 0 Å². The third-order valence-corrected chi connectivity index (χ3v) is 4.12. The molecule has 2 rings (SSSR count). The Labute approximate surface area is 170 Å². The molecule has 7 heteroatoms. The lowest BCUT2D eigenvalue weighted by atomic mass is 10.1. The molecule has 2 N–H and O–H groups in total. The van der Waals surface area contributed by atoms with Gasteiger partial charge in [-0.1, -0.05) is 18.2 Å². The second-order valence-electron chi connectivity index (χ2n) is 6.48. The van der Waals surface area contributed by atoms with Gasteiger partial charge in [0.15, 0.2) is 6.61 Å². The van der Waals surface area contributed by atoms with Crippen molar-refractivity contribution in [3.8, 4) is 5.75 Å². The smallest absolute Gasteiger partial charge is 0.306 e. The van der Waals surface area contributed by atoms with E-state index < -0.39 is 18.5 Å². The van der Waals surface area contributed by atoms with Crippen LogP contribution >= 0.6 is 0 Å². The van der Waals surface area contributed by atoms with Crippen molar-refractivity contribution in [3.63, 3.8) is 0 Å². The third-order valence-electron chi connectivity index (χ3n) is 4.12. The van der Waals surface area contributed by atoms with Crippen LogP contribution in [0.4, 0.5) is 11.4 Å². The molecule has 0 fully saturated rings. The first kappa shape index (κ1) is 21.9. The van der Waals surface area contributed by atoms with Crippen LogP contribution in [0, 0.1) is 13.8 Å². The number of para-hydroxylation sites is 1. The number of hydrogen-bond acceptors (Lipinski definition) is 5. The molecular weight excluding hydrogens is 372 g/mol. The topological polar surface area (TPSA) is 93.7 Å². The Balaban J connectivity index is 1.71. The molecule has 0 aliphatic carbocycles. The zero-order valence-electron chi connectivity index (χ0n) is 16.9. The zero-order valence-corrected chi connectivity index (χ0v) is 16.9. The maximum Gasteiger partial charge on any atom is 0.306 e. The highest BCUT2D eigenvalue weighted by Crippen LogP contribution is 2.19. The molecule has 0 radical (unpaired) electrons. The minimum atomic E-state index is -0.608. The Kier molecular flexibility index (Phi) is 8.21. The number of esters is 1. The molecule has 0 saturated heterocycles. The number of rotatable bonds is 9. The van der Waals surface area contributed by atoms with Crippen LogP contribution < -0.4 is 15.4 Å². The lowest BCUT2D eigenvalue weighted by molar-refractivity contribution is -0.147. The van der Waals surface area contributed by atoms with Crippen LogP contribution in [0.25, 0.3) is 0 Å². The van der Waals surface area contributed by atoms with Gasteiger partial charge in [0, 0.05) is 17.8 Å². The predicted molar refractivity (Wildman–Crippen MR) is 111 cm³/mol. The molecule has 154 valence electrons. The number of carbonyl (C=O) groups excluding carboxylic acids is 3. The maximum atomic E-state index is 12.0. The number of ether oxygens (including phenoxy) is 2. The van der Waals surface area contributed by atoms with Crippen LogP contribution in [-0.4, -0.2) is 31.0 Å². The Morgan fingerprint density at radius 1 is 0.862 bits per heavy atom. The second kappa shape index (κ2) is 10.8. The number of anilines is 2. The van der Waals surface area contributed by atoms with Crippen LogP contribution in [0.15, 0.2) is 42.5 Å². The summed E-state index contributed by atoms with van der Waals surface area (Å²) in [7, 11) is 0. The van der Waals surface area contributed by atoms with Crippen LogP contribution in [0.5, 0.6) is 5.75 Å². The fraction of sp³-hybridized carbons (Fsp3) is 0.318. The summed E-state index contributed by atoms with van der Waals surface area (Å²) in [5.74, 6) is -0.627. The second-order valence-corrected chi connectivity index (χ2v) is 6.48. The van der Waals surface area contributed by atoms with E-state index in [0.717, 1.165) is 11.1 Å². The van der Waals surface area contributed by atoms with Crippen molar-refractivity contribution in [1.82, 2.24) is 0 Å². The highest BCUT2D eigenvalue weighted by Gasteiger charge is 2.12. The summed E-state index contributed by atoms with van der Waals surface area (Å²) in [5.41, 5.74) is 3.18. The average Bonchev–Trinajstić information content (AvgIpc) is 2.69. The highest BCUT2D eigenvalue weighted by molar-refractivity contribution is 5.95. The van der Waals surface area contributed by atoms with E-state index in [1.165, 1.54) is 0 Å². The molecule has 7 nitrogen and oxygen atoms in total. The van der Waals surface area contributed by atoms with E-state index in [9.17, 15) is 14.4 Å². The van der Waals surface area contributed by atoms with Crippen LogP contribution in [0.1, 0.15) is 30.9 Å². The number of carbonyl (C=O) groups is 3. The summed E-state index contributed by atoms with van der Waals surface area (Å²) >= 11 is 0. The normalized spacial score (nSPS) is 10.2. The van der Waals surface area contributed by atoms with Gasteiger partial charge < -0.3 is 20.1 Å². The molecule has 29 heavy (non-hydrogen) atoms. The molecule has 0 unspecified atom stereocenters. The fourth-order valence-corrected chi connectivity index (χ4v) is 2.65. The van der Waals surface area contributed by atoms with Crippen LogP contribution in [0.2, 0.25) is 0 Å². The van der Waals surface area contributed by atoms with Gasteiger partial charge in [-0.2, -0.15) is 0 Å². The molecule has 2 aromatic carbocycles. The van der Waals surface area contributed by atoms with E-state index in [1.807, 2.05) is 39.0 Å². The first-order chi connectivity index (χ1) is 13.9. The highest BCUT2D eigenvalue weighted by atomic mass is 16.5. The Bertz CT molecular complexity index is 842. The SMILES string of the molecule is CCOc1ccc(NC(=O)CCC(=O)OCC(=O)Nc2c(C)cccc2C)cc1. The van der Waals surface area contributed by atoms with E-state index in [0.29, 0.717) is 23.7 Å². The Morgan fingerprint density at radius 3 is 2.14 bits per heavy atom. The van der Waals surface area contributed by atoms with Crippen molar-refractivity contribution in [1.29, 1.82) is 0 Å². The standard InChI is InChI=1S/C22H26N2O5/c1-4-28-18-10-8-17(9-11-18)23-19(25)12-13-21(27)29-14-20(26)24-22-15(2)6-5-7-16(22)3/h5-11H,4,12-14H2,1-3H3,(H,23,25)(H,24,26). The molecule has 0 spiro atoms. The molecule has 2 amide bonds. The summed E-state index contributed by atoms with van der Waals surface area (Å²) in [4.78, 5) is 35.8. The van der Waals surface area contributed by atoms with Crippen LogP contribution in [-0.2, 0) is 19.1 Å². The van der Waals surface area contributed by atoms with E-state index >= 15 is 0 Å². The molecule has 0 saturated carbocycles. The van der Waals surface area contributed by atoms with E-state index in [4.69, 9.17) is 9.47 Å². The van der Waals surface area contributed by atoms with Gasteiger partial charge in [0.25, 0.3) is 5.91 Å². The van der Waals surface area contributed by atoms with Crippen molar-refractivity contribution in [2.45, 2.75) is 33.6 Å².